The van der Waals surface area contributed by atoms with Gasteiger partial charge in [-0.15, -0.1) is 11.8 Å². The minimum atomic E-state index is -3.86. The second-order valence-electron chi connectivity index (χ2n) is 8.26. The third-order valence-electron chi connectivity index (χ3n) is 5.46. The number of sulfonamides is 1. The minimum absolute atomic E-state index is 0.0709. The quantitative estimate of drug-likeness (QED) is 0.147. The van der Waals surface area contributed by atoms with Gasteiger partial charge >= 0.3 is 0 Å². The number of nitrogens with two attached hydrogens (primary N) is 1. The monoisotopic (exact) mass is 562 g/mol. The summed E-state index contributed by atoms with van der Waals surface area (Å²) in [6.07, 6.45) is 0. The van der Waals surface area contributed by atoms with Crippen molar-refractivity contribution in [2.24, 2.45) is 5.14 Å². The molecule has 0 radical (unpaired) electrons. The van der Waals surface area contributed by atoms with Gasteiger partial charge in [-0.25, -0.2) is 13.6 Å². The highest BCUT2D eigenvalue weighted by Crippen LogP contribution is 2.37. The first-order valence-corrected chi connectivity index (χ1v) is 13.8. The fraction of sp³-hybridized carbons (Fsp3) is 0.0370. The largest absolute Gasteiger partial charge is 0.325 e. The number of anilines is 2. The van der Waals surface area contributed by atoms with Crippen LogP contribution in [0.5, 0.6) is 0 Å². The summed E-state index contributed by atoms with van der Waals surface area (Å²) in [4.78, 5) is 37.1. The van der Waals surface area contributed by atoms with E-state index in [0.717, 1.165) is 5.56 Å². The van der Waals surface area contributed by atoms with Gasteiger partial charge in [0.2, 0.25) is 15.9 Å². The van der Waals surface area contributed by atoms with Crippen LogP contribution in [0.2, 0.25) is 0 Å². The van der Waals surface area contributed by atoms with Gasteiger partial charge in [0, 0.05) is 34.0 Å². The van der Waals surface area contributed by atoms with Crippen LogP contribution < -0.4 is 15.8 Å². The maximum atomic E-state index is 13.3. The molecule has 0 fully saturated rings. The number of amides is 2. The Kier molecular flexibility index (Phi) is 8.39. The molecule has 0 saturated carbocycles. The lowest BCUT2D eigenvalue weighted by molar-refractivity contribution is -0.384. The maximum absolute atomic E-state index is 13.3. The molecule has 4 rings (SSSR count). The fourth-order valence-corrected chi connectivity index (χ4v) is 5.18. The molecule has 0 bridgehead atoms. The predicted molar refractivity (Wildman–Crippen MR) is 149 cm³/mol. The van der Waals surface area contributed by atoms with E-state index in [1.165, 1.54) is 60.3 Å². The SMILES string of the molecule is NS(=O)(=O)c1ccc(NC(=O)C(Sc2cccc(NC(=O)c3cccc([N+](=O)[O-])c3)c2)c2ccccc2)cc1. The molecule has 1 atom stereocenters. The molecule has 0 heterocycles. The van der Waals surface area contributed by atoms with Crippen molar-refractivity contribution in [2.75, 3.05) is 10.6 Å². The summed E-state index contributed by atoms with van der Waals surface area (Å²) in [5.41, 5.74) is 1.52. The number of hydrogen-bond donors (Lipinski definition) is 3. The van der Waals surface area contributed by atoms with E-state index < -0.39 is 26.1 Å². The van der Waals surface area contributed by atoms with Crippen LogP contribution in [0.3, 0.4) is 0 Å². The molecule has 4 aromatic carbocycles. The van der Waals surface area contributed by atoms with E-state index >= 15 is 0 Å². The van der Waals surface area contributed by atoms with Crippen molar-refractivity contribution < 1.29 is 22.9 Å². The van der Waals surface area contributed by atoms with Crippen LogP contribution in [-0.2, 0) is 14.8 Å². The summed E-state index contributed by atoms with van der Waals surface area (Å²) in [5, 5.41) is 21.0. The van der Waals surface area contributed by atoms with Gasteiger partial charge in [-0.2, -0.15) is 0 Å². The first-order valence-electron chi connectivity index (χ1n) is 11.4. The Morgan fingerprint density at radius 3 is 2.18 bits per heavy atom. The zero-order valence-electron chi connectivity index (χ0n) is 20.2. The number of nitrogens with one attached hydrogen (secondary N) is 2. The zero-order valence-corrected chi connectivity index (χ0v) is 21.8. The van der Waals surface area contributed by atoms with Crippen LogP contribution >= 0.6 is 11.8 Å². The van der Waals surface area contributed by atoms with Gasteiger partial charge in [-0.1, -0.05) is 42.5 Å². The van der Waals surface area contributed by atoms with Crippen molar-refractivity contribution in [1.82, 2.24) is 0 Å². The predicted octanol–water partition coefficient (Wildman–Crippen LogP) is 4.97. The summed E-state index contributed by atoms with van der Waals surface area (Å²) in [7, 11) is -3.86. The summed E-state index contributed by atoms with van der Waals surface area (Å²) in [6, 6.07) is 26.9. The number of primary sulfonamides is 1. The van der Waals surface area contributed by atoms with Gasteiger partial charge in [-0.05, 0) is 54.1 Å². The van der Waals surface area contributed by atoms with Crippen LogP contribution in [0.1, 0.15) is 21.2 Å². The van der Waals surface area contributed by atoms with E-state index in [4.69, 9.17) is 5.14 Å². The lowest BCUT2D eigenvalue weighted by atomic mass is 10.1. The molecular formula is C27H22N4O6S2. The van der Waals surface area contributed by atoms with Crippen LogP contribution in [-0.4, -0.2) is 25.2 Å². The highest BCUT2D eigenvalue weighted by molar-refractivity contribution is 8.00. The molecule has 198 valence electrons. The molecule has 10 nitrogen and oxygen atoms in total. The van der Waals surface area contributed by atoms with E-state index in [0.29, 0.717) is 16.3 Å². The summed E-state index contributed by atoms with van der Waals surface area (Å²) in [6.45, 7) is 0. The Hall–Kier alpha value is -4.52. The minimum Gasteiger partial charge on any atom is -0.325 e. The van der Waals surface area contributed by atoms with Crippen molar-refractivity contribution in [2.45, 2.75) is 15.0 Å². The highest BCUT2D eigenvalue weighted by Gasteiger charge is 2.23. The Bertz CT molecular complexity index is 1630. The van der Waals surface area contributed by atoms with Gasteiger partial charge in [0.05, 0.1) is 9.82 Å². The average molecular weight is 563 g/mol. The van der Waals surface area contributed by atoms with E-state index in [1.54, 1.807) is 24.3 Å². The Balaban J connectivity index is 1.53. The van der Waals surface area contributed by atoms with Gasteiger partial charge in [0.15, 0.2) is 0 Å². The number of carbonyl (C=O) groups excluding carboxylic acids is 2. The first-order chi connectivity index (χ1) is 18.6. The third-order valence-corrected chi connectivity index (χ3v) is 7.63. The maximum Gasteiger partial charge on any atom is 0.270 e. The second-order valence-corrected chi connectivity index (χ2v) is 11.0. The highest BCUT2D eigenvalue weighted by atomic mass is 32.2. The van der Waals surface area contributed by atoms with Crippen molar-refractivity contribution >= 4 is 50.7 Å². The average Bonchev–Trinajstić information content (AvgIpc) is 2.92. The number of carbonyl (C=O) groups is 2. The summed E-state index contributed by atoms with van der Waals surface area (Å²) >= 11 is 1.25. The van der Waals surface area contributed by atoms with Crippen LogP contribution in [0.25, 0.3) is 0 Å². The number of thioether (sulfide) groups is 1. The molecule has 39 heavy (non-hydrogen) atoms. The van der Waals surface area contributed by atoms with E-state index in [9.17, 15) is 28.1 Å². The summed E-state index contributed by atoms with van der Waals surface area (Å²) < 4.78 is 23.0. The van der Waals surface area contributed by atoms with Gasteiger partial charge in [0.1, 0.15) is 5.25 Å². The van der Waals surface area contributed by atoms with Crippen molar-refractivity contribution in [3.63, 3.8) is 0 Å². The molecule has 4 aromatic rings. The Morgan fingerprint density at radius 1 is 0.821 bits per heavy atom. The fourth-order valence-electron chi connectivity index (χ4n) is 3.58. The number of hydrogen-bond acceptors (Lipinski definition) is 7. The van der Waals surface area contributed by atoms with Crippen LogP contribution in [0, 0.1) is 10.1 Å². The van der Waals surface area contributed by atoms with Gasteiger partial charge < -0.3 is 10.6 Å². The summed E-state index contributed by atoms with van der Waals surface area (Å²) in [5.74, 6) is -0.860. The molecule has 12 heteroatoms. The Morgan fingerprint density at radius 2 is 1.51 bits per heavy atom. The Labute approximate surface area is 228 Å². The molecule has 0 aromatic heterocycles. The normalized spacial score (nSPS) is 11.8. The number of benzene rings is 4. The molecule has 0 aliphatic rings. The molecular weight excluding hydrogens is 540 g/mol. The lowest BCUT2D eigenvalue weighted by Gasteiger charge is -2.18. The number of non-ortho nitro benzene ring substituents is 1. The van der Waals surface area contributed by atoms with Crippen LogP contribution in [0.15, 0.2) is 113 Å². The lowest BCUT2D eigenvalue weighted by Crippen LogP contribution is -2.19. The zero-order chi connectivity index (χ0) is 28.0. The standard InChI is InChI=1S/C27H22N4O6S2/c28-39(36,37)24-14-12-20(13-15-24)29-27(33)25(18-6-2-1-3-7-18)38-23-11-5-9-21(17-23)30-26(32)19-8-4-10-22(16-19)31(34)35/h1-17,25H,(H,29,33)(H,30,32)(H2,28,36,37). The van der Waals surface area contributed by atoms with Crippen molar-refractivity contribution in [3.05, 3.63) is 124 Å². The number of rotatable bonds is 9. The van der Waals surface area contributed by atoms with Gasteiger partial charge in [0.25, 0.3) is 11.6 Å². The smallest absolute Gasteiger partial charge is 0.270 e. The number of nitrogens with zero attached hydrogens (tertiary/aromatic N) is 1. The third kappa shape index (κ3) is 7.29. The van der Waals surface area contributed by atoms with Crippen molar-refractivity contribution in [3.8, 4) is 0 Å². The van der Waals surface area contributed by atoms with E-state index in [-0.39, 0.29) is 22.1 Å². The molecule has 0 aliphatic heterocycles. The molecule has 1 unspecified atom stereocenters. The molecule has 4 N–H and O–H groups in total. The van der Waals surface area contributed by atoms with Crippen molar-refractivity contribution in [1.29, 1.82) is 0 Å². The van der Waals surface area contributed by atoms with Crippen LogP contribution in [0.4, 0.5) is 17.1 Å². The molecule has 0 aliphatic carbocycles. The molecule has 2 amide bonds. The first kappa shape index (κ1) is 27.5. The number of nitro benzene ring substituents is 1. The molecule has 0 saturated heterocycles. The second kappa shape index (κ2) is 11.9. The van der Waals surface area contributed by atoms with E-state index in [1.807, 2.05) is 30.3 Å². The molecule has 0 spiro atoms. The van der Waals surface area contributed by atoms with E-state index in [2.05, 4.69) is 10.6 Å². The topological polar surface area (TPSA) is 162 Å². The number of nitro groups is 1. The van der Waals surface area contributed by atoms with Gasteiger partial charge in [-0.3, -0.25) is 19.7 Å².